The van der Waals surface area contributed by atoms with Gasteiger partial charge in [-0.2, -0.15) is 0 Å². The maximum Gasteiger partial charge on any atom is 0.318 e. The van der Waals surface area contributed by atoms with E-state index in [9.17, 15) is 9.59 Å². The lowest BCUT2D eigenvalue weighted by Crippen LogP contribution is -2.55. The fourth-order valence-corrected chi connectivity index (χ4v) is 3.36. The van der Waals surface area contributed by atoms with Gasteiger partial charge in [-0.1, -0.05) is 18.2 Å². The fourth-order valence-electron chi connectivity index (χ4n) is 3.36. The van der Waals surface area contributed by atoms with Crippen LogP contribution in [0.4, 0.5) is 10.5 Å². The minimum atomic E-state index is -0.456. The van der Waals surface area contributed by atoms with Crippen LogP contribution in [0.5, 0.6) is 0 Å². The monoisotopic (exact) mass is 330 g/mol. The van der Waals surface area contributed by atoms with E-state index in [0.717, 1.165) is 39.0 Å². The number of carbonyl (C=O) groups is 2. The molecule has 130 valence electrons. The minimum absolute atomic E-state index is 0.0313. The van der Waals surface area contributed by atoms with E-state index in [4.69, 9.17) is 0 Å². The average molecular weight is 330 g/mol. The highest BCUT2D eigenvalue weighted by molar-refractivity contribution is 5.87. The molecule has 0 aliphatic carbocycles. The van der Waals surface area contributed by atoms with Gasteiger partial charge in [0, 0.05) is 45.0 Å². The van der Waals surface area contributed by atoms with Crippen LogP contribution in [0.1, 0.15) is 19.8 Å². The molecule has 6 heteroatoms. The first-order chi connectivity index (χ1) is 11.6. The standard InChI is InChI=1S/C18H26N4O2/c1-15(17(23)21-9-5-6-10-21)19-18(24)22-13-11-20(12-14-22)16-7-3-2-4-8-16/h2-4,7-8,15H,5-6,9-14H2,1H3,(H,19,24)/t15-/m1/s1. The second-order valence-electron chi connectivity index (χ2n) is 6.51. The number of nitrogens with one attached hydrogen (secondary N) is 1. The third-order valence-electron chi connectivity index (χ3n) is 4.82. The number of benzene rings is 1. The summed E-state index contributed by atoms with van der Waals surface area (Å²) in [6.45, 7) is 6.37. The first-order valence-corrected chi connectivity index (χ1v) is 8.79. The Hall–Kier alpha value is -2.24. The zero-order chi connectivity index (χ0) is 16.9. The van der Waals surface area contributed by atoms with Gasteiger partial charge in [-0.15, -0.1) is 0 Å². The van der Waals surface area contributed by atoms with E-state index in [2.05, 4.69) is 22.3 Å². The summed E-state index contributed by atoms with van der Waals surface area (Å²) in [6.07, 6.45) is 2.13. The summed E-state index contributed by atoms with van der Waals surface area (Å²) in [7, 11) is 0. The normalized spacial score (nSPS) is 19.3. The summed E-state index contributed by atoms with van der Waals surface area (Å²) >= 11 is 0. The highest BCUT2D eigenvalue weighted by atomic mass is 16.2. The lowest BCUT2D eigenvalue weighted by Gasteiger charge is -2.36. The number of rotatable bonds is 3. The van der Waals surface area contributed by atoms with Gasteiger partial charge >= 0.3 is 6.03 Å². The van der Waals surface area contributed by atoms with Crippen LogP contribution in [0, 0.1) is 0 Å². The van der Waals surface area contributed by atoms with Crippen molar-refractivity contribution in [2.24, 2.45) is 0 Å². The topological polar surface area (TPSA) is 55.9 Å². The molecule has 1 aromatic rings. The second-order valence-corrected chi connectivity index (χ2v) is 6.51. The van der Waals surface area contributed by atoms with Gasteiger partial charge < -0.3 is 20.0 Å². The number of hydrogen-bond acceptors (Lipinski definition) is 3. The van der Waals surface area contributed by atoms with Crippen molar-refractivity contribution in [3.05, 3.63) is 30.3 Å². The van der Waals surface area contributed by atoms with Crippen LogP contribution in [-0.4, -0.2) is 67.0 Å². The first kappa shape index (κ1) is 16.6. The highest BCUT2D eigenvalue weighted by Crippen LogP contribution is 2.15. The molecule has 6 nitrogen and oxygen atoms in total. The van der Waals surface area contributed by atoms with Crippen molar-refractivity contribution in [2.75, 3.05) is 44.2 Å². The van der Waals surface area contributed by atoms with Gasteiger partial charge in [-0.3, -0.25) is 4.79 Å². The van der Waals surface area contributed by atoms with Crippen molar-refractivity contribution in [2.45, 2.75) is 25.8 Å². The zero-order valence-electron chi connectivity index (χ0n) is 14.3. The third-order valence-corrected chi connectivity index (χ3v) is 4.82. The van der Waals surface area contributed by atoms with Crippen molar-refractivity contribution in [3.8, 4) is 0 Å². The molecule has 0 bridgehead atoms. The van der Waals surface area contributed by atoms with Crippen LogP contribution in [-0.2, 0) is 4.79 Å². The average Bonchev–Trinajstić information content (AvgIpc) is 3.16. The summed E-state index contributed by atoms with van der Waals surface area (Å²) in [5, 5.41) is 2.86. The van der Waals surface area contributed by atoms with E-state index in [0.29, 0.717) is 13.1 Å². The predicted molar refractivity (Wildman–Crippen MR) is 94.0 cm³/mol. The molecule has 1 atom stereocenters. The SMILES string of the molecule is C[C@@H](NC(=O)N1CCN(c2ccccc2)CC1)C(=O)N1CCCC1. The van der Waals surface area contributed by atoms with Gasteiger partial charge in [0.15, 0.2) is 0 Å². The minimum Gasteiger partial charge on any atom is -0.368 e. The number of anilines is 1. The smallest absolute Gasteiger partial charge is 0.318 e. The molecule has 1 aromatic carbocycles. The Balaban J connectivity index is 1.47. The van der Waals surface area contributed by atoms with Crippen LogP contribution in [0.2, 0.25) is 0 Å². The van der Waals surface area contributed by atoms with Crippen LogP contribution < -0.4 is 10.2 Å². The van der Waals surface area contributed by atoms with Crippen LogP contribution in [0.3, 0.4) is 0 Å². The molecular formula is C18H26N4O2. The first-order valence-electron chi connectivity index (χ1n) is 8.79. The van der Waals surface area contributed by atoms with Crippen LogP contribution >= 0.6 is 0 Å². The molecule has 0 spiro atoms. The van der Waals surface area contributed by atoms with E-state index >= 15 is 0 Å². The Kier molecular flexibility index (Phi) is 5.23. The van der Waals surface area contributed by atoms with E-state index in [-0.39, 0.29) is 11.9 Å². The third kappa shape index (κ3) is 3.80. The molecule has 3 rings (SSSR count). The molecule has 2 heterocycles. The molecule has 2 saturated heterocycles. The molecule has 24 heavy (non-hydrogen) atoms. The van der Waals surface area contributed by atoms with Gasteiger partial charge in [0.1, 0.15) is 6.04 Å². The molecule has 2 aliphatic rings. The van der Waals surface area contributed by atoms with Crippen molar-refractivity contribution < 1.29 is 9.59 Å². The molecular weight excluding hydrogens is 304 g/mol. The van der Waals surface area contributed by atoms with Gasteiger partial charge in [-0.25, -0.2) is 4.79 Å². The number of piperazine rings is 1. The molecule has 0 aromatic heterocycles. The molecule has 2 aliphatic heterocycles. The zero-order valence-corrected chi connectivity index (χ0v) is 14.3. The van der Waals surface area contributed by atoms with Crippen LogP contribution in [0.15, 0.2) is 30.3 Å². The number of likely N-dealkylation sites (tertiary alicyclic amines) is 1. The number of carbonyl (C=O) groups excluding carboxylic acids is 2. The number of urea groups is 1. The highest BCUT2D eigenvalue weighted by Gasteiger charge is 2.27. The molecule has 0 unspecified atom stereocenters. The summed E-state index contributed by atoms with van der Waals surface area (Å²) in [4.78, 5) is 30.6. The van der Waals surface area contributed by atoms with E-state index in [1.165, 1.54) is 5.69 Å². The molecule has 0 saturated carbocycles. The number of para-hydroxylation sites is 1. The van der Waals surface area contributed by atoms with Crippen LogP contribution in [0.25, 0.3) is 0 Å². The number of amides is 3. The fraction of sp³-hybridized carbons (Fsp3) is 0.556. The number of nitrogens with zero attached hydrogens (tertiary/aromatic N) is 3. The molecule has 0 radical (unpaired) electrons. The molecule has 2 fully saturated rings. The maximum absolute atomic E-state index is 12.4. The van der Waals surface area contributed by atoms with Crippen molar-refractivity contribution in [1.29, 1.82) is 0 Å². The lowest BCUT2D eigenvalue weighted by molar-refractivity contribution is -0.131. The largest absolute Gasteiger partial charge is 0.368 e. The molecule has 1 N–H and O–H groups in total. The van der Waals surface area contributed by atoms with Crippen molar-refractivity contribution in [3.63, 3.8) is 0 Å². The summed E-state index contributed by atoms with van der Waals surface area (Å²) in [5.41, 5.74) is 1.19. The van der Waals surface area contributed by atoms with Gasteiger partial charge in [0.25, 0.3) is 0 Å². The quantitative estimate of drug-likeness (QED) is 0.914. The predicted octanol–water partition coefficient (Wildman–Crippen LogP) is 1.53. The van der Waals surface area contributed by atoms with Gasteiger partial charge in [0.05, 0.1) is 0 Å². The van der Waals surface area contributed by atoms with Gasteiger partial charge in [-0.05, 0) is 31.9 Å². The van der Waals surface area contributed by atoms with Crippen molar-refractivity contribution in [1.82, 2.24) is 15.1 Å². The maximum atomic E-state index is 12.4. The Morgan fingerprint density at radius 2 is 1.54 bits per heavy atom. The Bertz CT molecular complexity index is 564. The van der Waals surface area contributed by atoms with Gasteiger partial charge in [0.2, 0.25) is 5.91 Å². The second kappa shape index (κ2) is 7.55. The Morgan fingerprint density at radius 1 is 0.917 bits per heavy atom. The van der Waals surface area contributed by atoms with E-state index in [1.807, 2.05) is 23.1 Å². The van der Waals surface area contributed by atoms with Crippen molar-refractivity contribution >= 4 is 17.6 Å². The lowest BCUT2D eigenvalue weighted by atomic mass is 10.2. The van der Waals surface area contributed by atoms with E-state index in [1.54, 1.807) is 11.8 Å². The van der Waals surface area contributed by atoms with E-state index < -0.39 is 6.04 Å². The summed E-state index contributed by atoms with van der Waals surface area (Å²) < 4.78 is 0. The summed E-state index contributed by atoms with van der Waals surface area (Å²) in [6, 6.07) is 9.65. The molecule has 3 amide bonds. The Morgan fingerprint density at radius 3 is 2.17 bits per heavy atom. The summed E-state index contributed by atoms with van der Waals surface area (Å²) in [5.74, 6) is 0.0313. The Labute approximate surface area is 143 Å². The number of hydrogen-bond donors (Lipinski definition) is 1.